The van der Waals surface area contributed by atoms with E-state index in [1.54, 1.807) is 0 Å². The van der Waals surface area contributed by atoms with E-state index in [2.05, 4.69) is 61.6 Å². The highest BCUT2D eigenvalue weighted by atomic mass is 16.1. The molecule has 3 nitrogen and oxygen atoms in total. The lowest BCUT2D eigenvalue weighted by Crippen LogP contribution is -2.44. The van der Waals surface area contributed by atoms with Crippen molar-refractivity contribution < 1.29 is 4.79 Å². The predicted octanol–water partition coefficient (Wildman–Crippen LogP) is 4.97. The third-order valence-corrected chi connectivity index (χ3v) is 5.91. The fraction of sp³-hybridized carbons (Fsp3) is 0.435. The third kappa shape index (κ3) is 4.16. The molecule has 0 aromatic heterocycles. The molecule has 0 radical (unpaired) electrons. The van der Waals surface area contributed by atoms with Crippen molar-refractivity contribution in [3.63, 3.8) is 0 Å². The molecular weight excluding hydrogens is 320 g/mol. The Morgan fingerprint density at radius 3 is 2.23 bits per heavy atom. The van der Waals surface area contributed by atoms with E-state index >= 15 is 0 Å². The molecule has 2 aromatic rings. The Morgan fingerprint density at radius 1 is 1.04 bits per heavy atom. The minimum Gasteiger partial charge on any atom is -0.326 e. The number of hydrogen-bond acceptors (Lipinski definition) is 2. The van der Waals surface area contributed by atoms with Gasteiger partial charge in [0.1, 0.15) is 0 Å². The van der Waals surface area contributed by atoms with Gasteiger partial charge in [0.15, 0.2) is 0 Å². The zero-order valence-corrected chi connectivity index (χ0v) is 16.2. The van der Waals surface area contributed by atoms with Crippen molar-refractivity contribution in [2.75, 3.05) is 19.4 Å². The molecule has 1 N–H and O–H groups in total. The number of benzene rings is 2. The average Bonchev–Trinajstić information content (AvgIpc) is 2.65. The Labute approximate surface area is 157 Å². The maximum absolute atomic E-state index is 12.4. The lowest BCUT2D eigenvalue weighted by Gasteiger charge is -2.45. The number of carbonyl (C=O) groups is 1. The fourth-order valence-electron chi connectivity index (χ4n) is 4.21. The van der Waals surface area contributed by atoms with E-state index in [9.17, 15) is 4.79 Å². The molecule has 1 fully saturated rings. The molecule has 3 rings (SSSR count). The number of hydrogen-bond donors (Lipinski definition) is 1. The molecule has 0 spiro atoms. The molecule has 0 saturated heterocycles. The Morgan fingerprint density at radius 2 is 1.65 bits per heavy atom. The van der Waals surface area contributed by atoms with Gasteiger partial charge in [0, 0.05) is 17.6 Å². The molecule has 1 aliphatic rings. The van der Waals surface area contributed by atoms with Crippen LogP contribution in [0.4, 0.5) is 5.69 Å². The van der Waals surface area contributed by atoms with Crippen molar-refractivity contribution in [1.82, 2.24) is 4.90 Å². The first-order valence-corrected chi connectivity index (χ1v) is 9.59. The predicted molar refractivity (Wildman–Crippen MR) is 108 cm³/mol. The van der Waals surface area contributed by atoms with Gasteiger partial charge in [-0.1, -0.05) is 48.0 Å². The van der Waals surface area contributed by atoms with E-state index in [0.29, 0.717) is 12.3 Å². The highest BCUT2D eigenvalue weighted by Gasteiger charge is 2.38. The van der Waals surface area contributed by atoms with E-state index in [1.807, 2.05) is 24.3 Å². The second kappa shape index (κ2) is 8.05. The molecule has 1 saturated carbocycles. The van der Waals surface area contributed by atoms with Gasteiger partial charge in [-0.05, 0) is 70.3 Å². The lowest BCUT2D eigenvalue weighted by molar-refractivity contribution is -0.117. The van der Waals surface area contributed by atoms with E-state index in [-0.39, 0.29) is 11.4 Å². The summed E-state index contributed by atoms with van der Waals surface area (Å²) >= 11 is 0. The van der Waals surface area contributed by atoms with Crippen molar-refractivity contribution in [3.8, 4) is 0 Å². The number of nitrogens with zero attached hydrogens (tertiary/aromatic N) is 1. The smallest absolute Gasteiger partial charge is 0.224 e. The molecule has 1 aliphatic carbocycles. The first-order chi connectivity index (χ1) is 12.5. The zero-order chi connectivity index (χ0) is 18.6. The van der Waals surface area contributed by atoms with Crippen LogP contribution in [-0.2, 0) is 10.3 Å². The summed E-state index contributed by atoms with van der Waals surface area (Å²) < 4.78 is 0. The number of carbonyl (C=O) groups excluding carboxylic acids is 1. The van der Waals surface area contributed by atoms with Crippen LogP contribution >= 0.6 is 0 Å². The Hall–Kier alpha value is -2.13. The Balaban J connectivity index is 1.59. The minimum absolute atomic E-state index is 0.102. The second-order valence-electron chi connectivity index (χ2n) is 7.85. The third-order valence-electron chi connectivity index (χ3n) is 5.91. The molecule has 2 aromatic carbocycles. The number of amides is 1. The summed E-state index contributed by atoms with van der Waals surface area (Å²) in [7, 11) is 4.36. The Kier molecular flexibility index (Phi) is 5.77. The number of nitrogens with one attached hydrogen (secondary N) is 1. The van der Waals surface area contributed by atoms with Crippen LogP contribution in [0.1, 0.15) is 43.2 Å². The van der Waals surface area contributed by atoms with Crippen LogP contribution in [0.15, 0.2) is 54.6 Å². The molecule has 26 heavy (non-hydrogen) atoms. The van der Waals surface area contributed by atoms with E-state index in [1.165, 1.54) is 11.1 Å². The van der Waals surface area contributed by atoms with E-state index < -0.39 is 0 Å². The van der Waals surface area contributed by atoms with E-state index in [0.717, 1.165) is 31.4 Å². The topological polar surface area (TPSA) is 32.3 Å². The Bertz CT molecular complexity index is 714. The van der Waals surface area contributed by atoms with Crippen molar-refractivity contribution in [2.24, 2.45) is 5.92 Å². The maximum Gasteiger partial charge on any atom is 0.224 e. The molecule has 1 amide bonds. The van der Waals surface area contributed by atoms with Crippen LogP contribution in [0, 0.1) is 12.8 Å². The van der Waals surface area contributed by atoms with Crippen molar-refractivity contribution in [1.29, 1.82) is 0 Å². The summed E-state index contributed by atoms with van der Waals surface area (Å²) in [6.45, 7) is 2.05. The van der Waals surface area contributed by atoms with Gasteiger partial charge in [0.2, 0.25) is 5.91 Å². The van der Waals surface area contributed by atoms with Gasteiger partial charge < -0.3 is 5.32 Å². The van der Waals surface area contributed by atoms with Gasteiger partial charge in [-0.15, -0.1) is 0 Å². The van der Waals surface area contributed by atoms with Crippen LogP contribution in [0.2, 0.25) is 0 Å². The molecule has 0 atom stereocenters. The fourth-order valence-corrected chi connectivity index (χ4v) is 4.21. The highest BCUT2D eigenvalue weighted by Crippen LogP contribution is 2.43. The second-order valence-corrected chi connectivity index (χ2v) is 7.85. The molecule has 0 bridgehead atoms. The number of anilines is 1. The summed E-state index contributed by atoms with van der Waals surface area (Å²) in [4.78, 5) is 14.8. The summed E-state index contributed by atoms with van der Waals surface area (Å²) in [5.41, 5.74) is 3.60. The maximum atomic E-state index is 12.4. The van der Waals surface area contributed by atoms with Gasteiger partial charge in [-0.25, -0.2) is 0 Å². The largest absolute Gasteiger partial charge is 0.326 e. The molecule has 138 valence electrons. The van der Waals surface area contributed by atoms with Crippen LogP contribution in [0.5, 0.6) is 0 Å². The first-order valence-electron chi connectivity index (χ1n) is 9.59. The molecule has 0 unspecified atom stereocenters. The molecule has 0 aliphatic heterocycles. The van der Waals surface area contributed by atoms with Gasteiger partial charge in [-0.3, -0.25) is 9.69 Å². The minimum atomic E-state index is 0.102. The van der Waals surface area contributed by atoms with Gasteiger partial charge in [0.05, 0.1) is 0 Å². The van der Waals surface area contributed by atoms with Crippen molar-refractivity contribution in [2.45, 2.75) is 44.6 Å². The molecule has 0 heterocycles. The monoisotopic (exact) mass is 350 g/mol. The van der Waals surface area contributed by atoms with Crippen LogP contribution in [0.25, 0.3) is 0 Å². The summed E-state index contributed by atoms with van der Waals surface area (Å²) in [6.07, 6.45) is 5.01. The lowest BCUT2D eigenvalue weighted by atomic mass is 9.71. The first kappa shape index (κ1) is 18.7. The van der Waals surface area contributed by atoms with Crippen LogP contribution in [-0.4, -0.2) is 24.9 Å². The number of aryl methyl sites for hydroxylation is 1. The standard InChI is InChI=1S/C23H30N2O/c1-18-9-11-21(12-10-18)24-22(26)17-19-13-15-23(16-14-19,25(2)3)20-7-5-4-6-8-20/h4-12,19H,13-17H2,1-3H3,(H,24,26). The highest BCUT2D eigenvalue weighted by molar-refractivity contribution is 5.90. The summed E-state index contributed by atoms with van der Waals surface area (Å²) in [5, 5.41) is 3.04. The van der Waals surface area contributed by atoms with Crippen LogP contribution < -0.4 is 5.32 Å². The van der Waals surface area contributed by atoms with Crippen molar-refractivity contribution >= 4 is 11.6 Å². The summed E-state index contributed by atoms with van der Waals surface area (Å²) in [5.74, 6) is 0.605. The molecular formula is C23H30N2O. The normalized spacial score (nSPS) is 23.0. The average molecular weight is 351 g/mol. The molecule has 3 heteroatoms. The summed E-state index contributed by atoms with van der Waals surface area (Å²) in [6, 6.07) is 18.8. The van der Waals surface area contributed by atoms with Gasteiger partial charge in [-0.2, -0.15) is 0 Å². The van der Waals surface area contributed by atoms with Crippen LogP contribution in [0.3, 0.4) is 0 Å². The SMILES string of the molecule is Cc1ccc(NC(=O)CC2CCC(c3ccccc3)(N(C)C)CC2)cc1. The zero-order valence-electron chi connectivity index (χ0n) is 16.2. The number of rotatable bonds is 5. The van der Waals surface area contributed by atoms with Gasteiger partial charge >= 0.3 is 0 Å². The van der Waals surface area contributed by atoms with Crippen molar-refractivity contribution in [3.05, 3.63) is 65.7 Å². The quantitative estimate of drug-likeness (QED) is 0.825. The van der Waals surface area contributed by atoms with Gasteiger partial charge in [0.25, 0.3) is 0 Å². The van der Waals surface area contributed by atoms with E-state index in [4.69, 9.17) is 0 Å².